The zero-order valence-corrected chi connectivity index (χ0v) is 20.0. The zero-order valence-electron chi connectivity index (χ0n) is 19.2. The minimum Gasteiger partial charge on any atom is -0.481 e. The van der Waals surface area contributed by atoms with Crippen molar-refractivity contribution in [3.05, 3.63) is 96.1 Å². The summed E-state index contributed by atoms with van der Waals surface area (Å²) in [7, 11) is -3.80. The van der Waals surface area contributed by atoms with E-state index in [1.165, 1.54) is 12.1 Å². The molecule has 0 aliphatic rings. The molecule has 6 nitrogen and oxygen atoms in total. The number of ether oxygens (including phenoxy) is 1. The van der Waals surface area contributed by atoms with Crippen molar-refractivity contribution in [2.24, 2.45) is 0 Å². The monoisotopic (exact) mass is 474 g/mol. The third-order valence-electron chi connectivity index (χ3n) is 5.47. The summed E-state index contributed by atoms with van der Waals surface area (Å²) in [5.74, 6) is 0.318. The standard InChI is InChI=1S/C27H26N2O4S/c1-18-11-16-26(19(2)17-18)33-20(3)27(30)28-22-12-14-23(15-13-22)34(31,32)29-25-10-6-8-21-7-4-5-9-24(21)25/h4-17,20,29H,1-3H3,(H,28,30)/t20-/m0/s1. The first kappa shape index (κ1) is 23.3. The van der Waals surface area contributed by atoms with E-state index in [1.807, 2.05) is 62.4 Å². The van der Waals surface area contributed by atoms with E-state index in [4.69, 9.17) is 4.74 Å². The molecule has 0 aromatic heterocycles. The molecule has 7 heteroatoms. The van der Waals surface area contributed by atoms with Crippen molar-refractivity contribution in [2.75, 3.05) is 10.0 Å². The number of amides is 1. The maximum Gasteiger partial charge on any atom is 0.265 e. The second kappa shape index (κ2) is 9.57. The minimum absolute atomic E-state index is 0.0954. The van der Waals surface area contributed by atoms with Gasteiger partial charge < -0.3 is 10.1 Å². The number of carbonyl (C=O) groups excluding carboxylic acids is 1. The molecule has 0 bridgehead atoms. The van der Waals surface area contributed by atoms with Crippen LogP contribution >= 0.6 is 0 Å². The second-order valence-corrected chi connectivity index (χ2v) is 9.86. The molecule has 4 aromatic carbocycles. The van der Waals surface area contributed by atoms with E-state index in [0.717, 1.165) is 21.9 Å². The summed E-state index contributed by atoms with van der Waals surface area (Å²) in [6.07, 6.45) is -0.724. The lowest BCUT2D eigenvalue weighted by Gasteiger charge is -2.17. The number of anilines is 2. The van der Waals surface area contributed by atoms with Crippen molar-refractivity contribution in [1.29, 1.82) is 0 Å². The van der Waals surface area contributed by atoms with E-state index in [-0.39, 0.29) is 10.8 Å². The smallest absolute Gasteiger partial charge is 0.265 e. The molecule has 0 aliphatic heterocycles. The van der Waals surface area contributed by atoms with Gasteiger partial charge in [-0.2, -0.15) is 0 Å². The van der Waals surface area contributed by atoms with Crippen LogP contribution in [0.4, 0.5) is 11.4 Å². The van der Waals surface area contributed by atoms with Gasteiger partial charge >= 0.3 is 0 Å². The highest BCUT2D eigenvalue weighted by Crippen LogP contribution is 2.26. The lowest BCUT2D eigenvalue weighted by atomic mass is 10.1. The quantitative estimate of drug-likeness (QED) is 0.362. The molecular weight excluding hydrogens is 448 g/mol. The van der Waals surface area contributed by atoms with E-state index in [2.05, 4.69) is 10.0 Å². The average molecular weight is 475 g/mol. The third-order valence-corrected chi connectivity index (χ3v) is 6.85. The lowest BCUT2D eigenvalue weighted by Crippen LogP contribution is -2.30. The molecule has 0 aliphatic carbocycles. The normalized spacial score (nSPS) is 12.2. The van der Waals surface area contributed by atoms with Crippen molar-refractivity contribution >= 4 is 38.1 Å². The van der Waals surface area contributed by atoms with Gasteiger partial charge in [0.25, 0.3) is 15.9 Å². The molecule has 1 amide bonds. The Labute approximate surface area is 199 Å². The van der Waals surface area contributed by atoms with Crippen molar-refractivity contribution in [3.63, 3.8) is 0 Å². The van der Waals surface area contributed by atoms with E-state index in [9.17, 15) is 13.2 Å². The maximum atomic E-state index is 12.9. The molecule has 34 heavy (non-hydrogen) atoms. The van der Waals surface area contributed by atoms with Crippen LogP contribution in [0.25, 0.3) is 10.8 Å². The molecule has 4 aromatic rings. The molecule has 0 fully saturated rings. The molecule has 4 rings (SSSR count). The van der Waals surface area contributed by atoms with Gasteiger partial charge in [0.2, 0.25) is 0 Å². The van der Waals surface area contributed by atoms with Gasteiger partial charge in [-0.05, 0) is 68.1 Å². The summed E-state index contributed by atoms with van der Waals surface area (Å²) < 4.78 is 34.3. The number of hydrogen-bond acceptors (Lipinski definition) is 4. The van der Waals surface area contributed by atoms with Crippen LogP contribution in [0, 0.1) is 13.8 Å². The molecule has 0 heterocycles. The number of nitrogens with one attached hydrogen (secondary N) is 2. The molecule has 2 N–H and O–H groups in total. The average Bonchev–Trinajstić information content (AvgIpc) is 2.81. The van der Waals surface area contributed by atoms with E-state index >= 15 is 0 Å². The Balaban J connectivity index is 1.44. The molecule has 0 radical (unpaired) electrons. The van der Waals surface area contributed by atoms with Gasteiger partial charge in [0.15, 0.2) is 6.10 Å². The SMILES string of the molecule is Cc1ccc(O[C@@H](C)C(=O)Nc2ccc(S(=O)(=O)Nc3cccc4ccccc34)cc2)c(C)c1. The van der Waals surface area contributed by atoms with Crippen molar-refractivity contribution in [3.8, 4) is 5.75 Å². The molecular formula is C27H26N2O4S. The number of hydrogen-bond donors (Lipinski definition) is 2. The predicted octanol–water partition coefficient (Wildman–Crippen LogP) is 5.66. The Morgan fingerprint density at radius 3 is 2.32 bits per heavy atom. The van der Waals surface area contributed by atoms with Gasteiger partial charge in [-0.1, -0.05) is 54.1 Å². The molecule has 0 saturated carbocycles. The van der Waals surface area contributed by atoms with Crippen molar-refractivity contribution < 1.29 is 17.9 Å². The fourth-order valence-electron chi connectivity index (χ4n) is 3.65. The molecule has 0 unspecified atom stereocenters. The summed E-state index contributed by atoms with van der Waals surface area (Å²) in [6, 6.07) is 24.8. The van der Waals surface area contributed by atoms with E-state index < -0.39 is 16.1 Å². The van der Waals surface area contributed by atoms with Gasteiger partial charge in [-0.25, -0.2) is 8.42 Å². The summed E-state index contributed by atoms with van der Waals surface area (Å²) in [4.78, 5) is 12.7. The van der Waals surface area contributed by atoms with Crippen LogP contribution in [-0.2, 0) is 14.8 Å². The number of benzene rings is 4. The Kier molecular flexibility index (Phi) is 6.56. The molecule has 174 valence electrons. The number of carbonyl (C=O) groups is 1. The highest BCUT2D eigenvalue weighted by molar-refractivity contribution is 7.92. The lowest BCUT2D eigenvalue weighted by molar-refractivity contribution is -0.122. The van der Waals surface area contributed by atoms with E-state index in [0.29, 0.717) is 17.1 Å². The predicted molar refractivity (Wildman–Crippen MR) is 136 cm³/mol. The van der Waals surface area contributed by atoms with Gasteiger partial charge in [0.1, 0.15) is 5.75 Å². The molecule has 0 saturated heterocycles. The highest BCUT2D eigenvalue weighted by Gasteiger charge is 2.18. The van der Waals surface area contributed by atoms with Crippen LogP contribution in [0.5, 0.6) is 5.75 Å². The van der Waals surface area contributed by atoms with Crippen LogP contribution < -0.4 is 14.8 Å². The fourth-order valence-corrected chi connectivity index (χ4v) is 4.73. The Bertz CT molecular complexity index is 1440. The van der Waals surface area contributed by atoms with Gasteiger partial charge in [-0.15, -0.1) is 0 Å². The third kappa shape index (κ3) is 5.21. The summed E-state index contributed by atoms with van der Waals surface area (Å²) >= 11 is 0. The largest absolute Gasteiger partial charge is 0.481 e. The first-order valence-electron chi connectivity index (χ1n) is 10.9. The summed E-state index contributed by atoms with van der Waals surface area (Å²) in [6.45, 7) is 5.59. The summed E-state index contributed by atoms with van der Waals surface area (Å²) in [5.41, 5.74) is 3.05. The van der Waals surface area contributed by atoms with Crippen molar-refractivity contribution in [1.82, 2.24) is 0 Å². The highest BCUT2D eigenvalue weighted by atomic mass is 32.2. The number of fused-ring (bicyclic) bond motifs is 1. The Morgan fingerprint density at radius 1 is 0.882 bits per heavy atom. The van der Waals surface area contributed by atoms with E-state index in [1.54, 1.807) is 31.2 Å². The number of rotatable bonds is 7. The maximum absolute atomic E-state index is 12.9. The summed E-state index contributed by atoms with van der Waals surface area (Å²) in [5, 5.41) is 4.52. The minimum atomic E-state index is -3.80. The van der Waals surface area contributed by atoms with Gasteiger partial charge in [0.05, 0.1) is 10.6 Å². The van der Waals surface area contributed by atoms with Crippen molar-refractivity contribution in [2.45, 2.75) is 31.8 Å². The van der Waals surface area contributed by atoms with Crippen LogP contribution in [0.2, 0.25) is 0 Å². The molecule has 0 spiro atoms. The topological polar surface area (TPSA) is 84.5 Å². The number of aryl methyl sites for hydroxylation is 2. The Morgan fingerprint density at radius 2 is 1.59 bits per heavy atom. The van der Waals surface area contributed by atoms with Crippen LogP contribution in [0.3, 0.4) is 0 Å². The number of sulfonamides is 1. The van der Waals surface area contributed by atoms with Crippen LogP contribution in [-0.4, -0.2) is 20.4 Å². The second-order valence-electron chi connectivity index (χ2n) is 8.17. The first-order chi connectivity index (χ1) is 16.2. The fraction of sp³-hybridized carbons (Fsp3) is 0.148. The van der Waals surface area contributed by atoms with Gasteiger partial charge in [-0.3, -0.25) is 9.52 Å². The zero-order chi connectivity index (χ0) is 24.3. The van der Waals surface area contributed by atoms with Gasteiger partial charge in [0, 0.05) is 11.1 Å². The first-order valence-corrected chi connectivity index (χ1v) is 12.4. The Hall–Kier alpha value is -3.84. The molecule has 1 atom stereocenters. The van der Waals surface area contributed by atoms with Crippen LogP contribution in [0.15, 0.2) is 89.8 Å². The van der Waals surface area contributed by atoms with Crippen LogP contribution in [0.1, 0.15) is 18.1 Å².